The molecule has 3 heteroatoms. The first-order valence-electron chi connectivity index (χ1n) is 6.70. The molecule has 0 aliphatic heterocycles. The molecule has 3 aliphatic carbocycles. The Morgan fingerprint density at radius 1 is 1.00 bits per heavy atom. The van der Waals surface area contributed by atoms with Crippen LogP contribution in [0.3, 0.4) is 0 Å². The fourth-order valence-electron chi connectivity index (χ4n) is 4.47. The van der Waals surface area contributed by atoms with Crippen molar-refractivity contribution in [3.8, 4) is 0 Å². The maximum Gasteiger partial charge on any atom is 0.0608 e. The molecule has 3 rings (SSSR count). The fraction of sp³-hybridized carbons (Fsp3) is 1.00. The van der Waals surface area contributed by atoms with Crippen LogP contribution in [-0.2, 0) is 4.74 Å². The third kappa shape index (κ3) is 1.93. The standard InChI is InChI=1S/C13H22OS2/c15-3-1-2-14-13-5-8-4-12(13)11-7-9(16)6-10(8)11/h8-13,15-16H,1-7H2. The highest BCUT2D eigenvalue weighted by atomic mass is 32.1. The average Bonchev–Trinajstić information content (AvgIpc) is 2.88. The largest absolute Gasteiger partial charge is 0.378 e. The first-order chi connectivity index (χ1) is 7.79. The van der Waals surface area contributed by atoms with Crippen molar-refractivity contribution in [1.29, 1.82) is 0 Å². The predicted molar refractivity (Wildman–Crippen MR) is 73.4 cm³/mol. The Balaban J connectivity index is 1.58. The lowest BCUT2D eigenvalue weighted by molar-refractivity contribution is -0.00950. The second-order valence-corrected chi connectivity index (χ2v) is 7.01. The van der Waals surface area contributed by atoms with E-state index in [-0.39, 0.29) is 0 Å². The third-order valence-corrected chi connectivity index (χ3v) is 5.75. The number of ether oxygens (including phenoxy) is 1. The van der Waals surface area contributed by atoms with Crippen molar-refractivity contribution < 1.29 is 4.74 Å². The first-order valence-corrected chi connectivity index (χ1v) is 7.85. The lowest BCUT2D eigenvalue weighted by atomic mass is 9.80. The van der Waals surface area contributed by atoms with Crippen LogP contribution in [0.4, 0.5) is 0 Å². The lowest BCUT2D eigenvalue weighted by Crippen LogP contribution is -2.30. The van der Waals surface area contributed by atoms with Gasteiger partial charge in [-0.25, -0.2) is 0 Å². The molecule has 0 aromatic heterocycles. The summed E-state index contributed by atoms with van der Waals surface area (Å²) in [5.74, 6) is 4.73. The van der Waals surface area contributed by atoms with Crippen molar-refractivity contribution in [2.75, 3.05) is 12.4 Å². The molecule has 2 bridgehead atoms. The monoisotopic (exact) mass is 258 g/mol. The van der Waals surface area contributed by atoms with E-state index in [9.17, 15) is 0 Å². The SMILES string of the molecule is SCCCOC1CC2CC1C1CC(S)CC21. The van der Waals surface area contributed by atoms with Gasteiger partial charge in [-0.3, -0.25) is 0 Å². The van der Waals surface area contributed by atoms with E-state index >= 15 is 0 Å². The third-order valence-electron chi connectivity index (χ3n) is 5.02. The molecule has 0 amide bonds. The van der Waals surface area contributed by atoms with Gasteiger partial charge < -0.3 is 4.74 Å². The Morgan fingerprint density at radius 3 is 2.62 bits per heavy atom. The zero-order chi connectivity index (χ0) is 11.1. The van der Waals surface area contributed by atoms with E-state index < -0.39 is 0 Å². The molecule has 6 atom stereocenters. The molecule has 1 nitrogen and oxygen atoms in total. The number of rotatable bonds is 4. The summed E-state index contributed by atoms with van der Waals surface area (Å²) in [6.07, 6.45) is 7.17. The van der Waals surface area contributed by atoms with Gasteiger partial charge in [-0.05, 0) is 61.5 Å². The molecular formula is C13H22OS2. The molecule has 3 aliphatic rings. The minimum atomic E-state index is 0.574. The summed E-state index contributed by atoms with van der Waals surface area (Å²) in [6.45, 7) is 0.916. The van der Waals surface area contributed by atoms with Crippen molar-refractivity contribution >= 4 is 25.3 Å². The number of thiol groups is 2. The van der Waals surface area contributed by atoms with Gasteiger partial charge in [0.15, 0.2) is 0 Å². The average molecular weight is 258 g/mol. The minimum absolute atomic E-state index is 0.574. The van der Waals surface area contributed by atoms with Crippen molar-refractivity contribution in [2.45, 2.75) is 43.5 Å². The van der Waals surface area contributed by atoms with Crippen LogP contribution in [0.15, 0.2) is 0 Å². The molecule has 0 radical (unpaired) electrons. The van der Waals surface area contributed by atoms with Gasteiger partial charge in [-0.1, -0.05) is 0 Å². The van der Waals surface area contributed by atoms with Crippen LogP contribution >= 0.6 is 25.3 Å². The molecule has 0 saturated heterocycles. The summed E-state index contributed by atoms with van der Waals surface area (Å²) in [7, 11) is 0. The van der Waals surface area contributed by atoms with Crippen molar-refractivity contribution in [3.05, 3.63) is 0 Å². The molecule has 0 spiro atoms. The summed E-state index contributed by atoms with van der Waals surface area (Å²) in [5, 5.41) is 0.677. The number of hydrogen-bond donors (Lipinski definition) is 2. The van der Waals surface area contributed by atoms with Crippen LogP contribution in [0.1, 0.15) is 32.1 Å². The quantitative estimate of drug-likeness (QED) is 0.582. The number of hydrogen-bond acceptors (Lipinski definition) is 3. The first kappa shape index (κ1) is 11.7. The van der Waals surface area contributed by atoms with E-state index in [1.807, 2.05) is 0 Å². The van der Waals surface area contributed by atoms with Crippen LogP contribution in [-0.4, -0.2) is 23.7 Å². The van der Waals surface area contributed by atoms with Gasteiger partial charge in [-0.15, -0.1) is 0 Å². The molecular weight excluding hydrogens is 236 g/mol. The smallest absolute Gasteiger partial charge is 0.0608 e. The van der Waals surface area contributed by atoms with E-state index in [0.717, 1.165) is 42.5 Å². The van der Waals surface area contributed by atoms with Gasteiger partial charge in [-0.2, -0.15) is 25.3 Å². The normalized spacial score (nSPS) is 49.9. The van der Waals surface area contributed by atoms with Gasteiger partial charge in [0, 0.05) is 11.9 Å². The van der Waals surface area contributed by atoms with Crippen molar-refractivity contribution in [3.63, 3.8) is 0 Å². The highest BCUT2D eigenvalue weighted by molar-refractivity contribution is 7.81. The molecule has 0 aromatic rings. The van der Waals surface area contributed by atoms with E-state index in [4.69, 9.17) is 4.74 Å². The molecule has 16 heavy (non-hydrogen) atoms. The lowest BCUT2D eigenvalue weighted by Gasteiger charge is -2.31. The van der Waals surface area contributed by atoms with Gasteiger partial charge in [0.25, 0.3) is 0 Å². The van der Waals surface area contributed by atoms with Gasteiger partial charge in [0.1, 0.15) is 0 Å². The summed E-state index contributed by atoms with van der Waals surface area (Å²) >= 11 is 8.91. The van der Waals surface area contributed by atoms with Gasteiger partial charge in [0.2, 0.25) is 0 Å². The summed E-state index contributed by atoms with van der Waals surface area (Å²) in [5.41, 5.74) is 0. The highest BCUT2D eigenvalue weighted by Crippen LogP contribution is 2.60. The van der Waals surface area contributed by atoms with Crippen molar-refractivity contribution in [1.82, 2.24) is 0 Å². The van der Waals surface area contributed by atoms with Gasteiger partial charge in [0.05, 0.1) is 6.10 Å². The Hall–Kier alpha value is 0.660. The molecule has 3 fully saturated rings. The van der Waals surface area contributed by atoms with Crippen molar-refractivity contribution in [2.24, 2.45) is 23.7 Å². The van der Waals surface area contributed by atoms with Crippen LogP contribution < -0.4 is 0 Å². The highest BCUT2D eigenvalue weighted by Gasteiger charge is 2.55. The molecule has 0 N–H and O–H groups in total. The second-order valence-electron chi connectivity index (χ2n) is 5.83. The van der Waals surface area contributed by atoms with Crippen LogP contribution in [0.2, 0.25) is 0 Å². The topological polar surface area (TPSA) is 9.23 Å². The molecule has 0 aromatic carbocycles. The van der Waals surface area contributed by atoms with Gasteiger partial charge >= 0.3 is 0 Å². The molecule has 92 valence electrons. The summed E-state index contributed by atoms with van der Waals surface area (Å²) < 4.78 is 6.05. The van der Waals surface area contributed by atoms with Crippen LogP contribution in [0.5, 0.6) is 0 Å². The maximum absolute atomic E-state index is 6.05. The zero-order valence-corrected chi connectivity index (χ0v) is 11.5. The fourth-order valence-corrected chi connectivity index (χ4v) is 5.09. The minimum Gasteiger partial charge on any atom is -0.378 e. The van der Waals surface area contributed by atoms with Crippen LogP contribution in [0, 0.1) is 23.7 Å². The Morgan fingerprint density at radius 2 is 1.81 bits per heavy atom. The summed E-state index contributed by atoms with van der Waals surface area (Å²) in [6, 6.07) is 0. The maximum atomic E-state index is 6.05. The molecule has 3 saturated carbocycles. The molecule has 0 heterocycles. The Bertz CT molecular complexity index is 258. The van der Waals surface area contributed by atoms with E-state index in [2.05, 4.69) is 25.3 Å². The number of fused-ring (bicyclic) bond motifs is 5. The van der Waals surface area contributed by atoms with E-state index in [1.165, 1.54) is 25.7 Å². The zero-order valence-electron chi connectivity index (χ0n) is 9.72. The van der Waals surface area contributed by atoms with Crippen LogP contribution in [0.25, 0.3) is 0 Å². The molecule has 6 unspecified atom stereocenters. The Kier molecular flexibility index (Phi) is 3.47. The second kappa shape index (κ2) is 4.74. The van der Waals surface area contributed by atoms with E-state index in [1.54, 1.807) is 0 Å². The summed E-state index contributed by atoms with van der Waals surface area (Å²) in [4.78, 5) is 0. The predicted octanol–water partition coefficient (Wildman–Crippen LogP) is 3.06. The van der Waals surface area contributed by atoms with E-state index in [0.29, 0.717) is 11.4 Å². The Labute approximate surface area is 110 Å².